The molecule has 10 aromatic rings. The van der Waals surface area contributed by atoms with Gasteiger partial charge in [0.15, 0.2) is 0 Å². The lowest BCUT2D eigenvalue weighted by atomic mass is 9.60. The molecule has 74 heavy (non-hydrogen) atoms. The quantitative estimate of drug-likeness (QED) is 0.103. The molecule has 10 aromatic carbocycles. The van der Waals surface area contributed by atoms with Gasteiger partial charge >= 0.3 is 0 Å². The zero-order valence-electron chi connectivity index (χ0n) is 40.1. The fourth-order valence-electron chi connectivity index (χ4n) is 13.8. The highest BCUT2D eigenvalue weighted by molar-refractivity contribution is 5.76. The van der Waals surface area contributed by atoms with E-state index in [-0.39, 0.29) is 83.9 Å². The Morgan fingerprint density at radius 1 is 0.216 bits per heavy atom. The predicted molar refractivity (Wildman–Crippen MR) is 287 cm³/mol. The zero-order chi connectivity index (χ0) is 49.7. The van der Waals surface area contributed by atoms with Crippen molar-refractivity contribution in [3.05, 3.63) is 293 Å². The van der Waals surface area contributed by atoms with Crippen LogP contribution in [0, 0.1) is 0 Å². The molecule has 6 heteroatoms. The lowest BCUT2D eigenvalue weighted by Crippen LogP contribution is -2.28. The molecule has 7 aliphatic carbocycles. The molecule has 17 rings (SSSR count). The van der Waals surface area contributed by atoms with Gasteiger partial charge in [-0.3, -0.25) is 0 Å². The van der Waals surface area contributed by atoms with Gasteiger partial charge in [-0.1, -0.05) is 133 Å². The smallest absolute Gasteiger partial charge is 0.122 e. The van der Waals surface area contributed by atoms with E-state index in [1.54, 1.807) is 0 Å². The molecule has 0 spiro atoms. The molecule has 6 nitrogen and oxygen atoms in total. The summed E-state index contributed by atoms with van der Waals surface area (Å²) < 4.78 is 0. The SMILES string of the molecule is Oc1cc2c3cc1Cc1cc(-c4ccccc4)cc(c1O)Cc1cc4c(cc1O)C1c5ccccc5C4c4cc(c(O)cc41)Cc1cc(-c4ccccc4)cc(c1O)Cc1cc4c(cc1O)C2c1ccccc1C34. The molecule has 0 amide bonds. The normalized spacial score (nSPS) is 17.8. The van der Waals surface area contributed by atoms with Crippen LogP contribution >= 0.6 is 0 Å². The van der Waals surface area contributed by atoms with Gasteiger partial charge < -0.3 is 30.6 Å². The van der Waals surface area contributed by atoms with Crippen molar-refractivity contribution < 1.29 is 30.6 Å². The largest absolute Gasteiger partial charge is 0.508 e. The van der Waals surface area contributed by atoms with Gasteiger partial charge in [-0.05, 0) is 182 Å². The second kappa shape index (κ2) is 15.7. The first-order valence-corrected chi connectivity index (χ1v) is 25.5. The Balaban J connectivity index is 0.972. The van der Waals surface area contributed by atoms with E-state index in [1.807, 2.05) is 97.1 Å². The van der Waals surface area contributed by atoms with E-state index >= 15 is 0 Å². The molecule has 0 atom stereocenters. The van der Waals surface area contributed by atoms with Crippen LogP contribution in [-0.2, 0) is 25.7 Å². The van der Waals surface area contributed by atoms with Crippen molar-refractivity contribution in [2.45, 2.75) is 49.4 Å². The minimum atomic E-state index is -0.245. The maximum absolute atomic E-state index is 12.5. The Labute approximate surface area is 428 Å². The van der Waals surface area contributed by atoms with Crippen LogP contribution in [0.25, 0.3) is 22.3 Å². The van der Waals surface area contributed by atoms with E-state index in [2.05, 4.69) is 84.9 Å². The standard InChI is InChI=1S/C68H48O6/c69-59-31-55-51-27-39(59)23-43-19-37(35-11-3-1-4-12-35)20-44(67(43)73)24-40-28-52-56(32-60(40)70)66-50-18-10-8-16-48(50)64(52)54-30-42(62(72)34-58(54)66)26-46-22-38(36-13-5-2-6-14-36)21-45(68(46)74)25-41-29-53-57(33-61(41)71)65(55)49-17-9-7-15-47(49)63(51)53/h1-22,27-34,63-66,69-74H,23-26H2. The number of hydrogen-bond donors (Lipinski definition) is 6. The van der Waals surface area contributed by atoms with Crippen LogP contribution < -0.4 is 0 Å². The highest BCUT2D eigenvalue weighted by Crippen LogP contribution is 2.60. The van der Waals surface area contributed by atoms with Crippen molar-refractivity contribution in [1.82, 2.24) is 0 Å². The lowest BCUT2D eigenvalue weighted by Gasteiger charge is -2.43. The van der Waals surface area contributed by atoms with Gasteiger partial charge in [0.2, 0.25) is 0 Å². The average Bonchev–Trinajstić information content (AvgIpc) is 3.42. The summed E-state index contributed by atoms with van der Waals surface area (Å²) in [6.07, 6.45) is 0.974. The van der Waals surface area contributed by atoms with Crippen LogP contribution in [0.5, 0.6) is 34.5 Å². The van der Waals surface area contributed by atoms with E-state index < -0.39 is 0 Å². The molecule has 0 radical (unpaired) electrons. The lowest BCUT2D eigenvalue weighted by molar-refractivity contribution is 0.456. The Bertz CT molecular complexity index is 3630. The summed E-state index contributed by atoms with van der Waals surface area (Å²) >= 11 is 0. The minimum Gasteiger partial charge on any atom is -0.508 e. The Kier molecular flexibility index (Phi) is 9.08. The molecule has 7 aliphatic rings. The third-order valence-corrected chi connectivity index (χ3v) is 17.1. The first-order chi connectivity index (χ1) is 36.1. The second-order valence-electron chi connectivity index (χ2n) is 21.2. The molecule has 356 valence electrons. The van der Waals surface area contributed by atoms with Gasteiger partial charge in [0.05, 0.1) is 0 Å². The van der Waals surface area contributed by atoms with Crippen molar-refractivity contribution in [1.29, 1.82) is 0 Å². The molecule has 0 fully saturated rings. The van der Waals surface area contributed by atoms with Crippen LogP contribution in [0.3, 0.4) is 0 Å². The van der Waals surface area contributed by atoms with Crippen molar-refractivity contribution in [2.24, 2.45) is 0 Å². The number of rotatable bonds is 2. The monoisotopic (exact) mass is 960 g/mol. The van der Waals surface area contributed by atoms with Gasteiger partial charge in [-0.25, -0.2) is 0 Å². The molecule has 6 N–H and O–H groups in total. The molecule has 0 saturated carbocycles. The molecular weight excluding hydrogens is 913 g/mol. The summed E-state index contributed by atoms with van der Waals surface area (Å²) in [7, 11) is 0. The van der Waals surface area contributed by atoms with Crippen LogP contribution in [0.2, 0.25) is 0 Å². The van der Waals surface area contributed by atoms with E-state index in [0.717, 1.165) is 77.9 Å². The predicted octanol–water partition coefficient (Wildman–Crippen LogP) is 13.9. The van der Waals surface area contributed by atoms with Gasteiger partial charge in [-0.15, -0.1) is 0 Å². The fourth-order valence-corrected chi connectivity index (χ4v) is 13.8. The summed E-state index contributed by atoms with van der Waals surface area (Å²) in [6, 6.07) is 61.2. The van der Waals surface area contributed by atoms with E-state index in [4.69, 9.17) is 0 Å². The topological polar surface area (TPSA) is 121 Å². The van der Waals surface area contributed by atoms with Crippen LogP contribution in [-0.4, -0.2) is 30.6 Å². The molecule has 0 saturated heterocycles. The van der Waals surface area contributed by atoms with Crippen LogP contribution in [0.1, 0.15) is 135 Å². The van der Waals surface area contributed by atoms with Crippen LogP contribution in [0.4, 0.5) is 0 Å². The van der Waals surface area contributed by atoms with Gasteiger partial charge in [0.1, 0.15) is 34.5 Å². The number of phenols is 6. The maximum Gasteiger partial charge on any atom is 0.122 e. The van der Waals surface area contributed by atoms with Crippen molar-refractivity contribution in [3.8, 4) is 56.8 Å². The average molecular weight is 961 g/mol. The number of aromatic hydroxyl groups is 6. The van der Waals surface area contributed by atoms with Crippen LogP contribution in [0.15, 0.2) is 182 Å². The molecule has 0 aromatic heterocycles. The third-order valence-electron chi connectivity index (χ3n) is 17.1. The highest BCUT2D eigenvalue weighted by atomic mass is 16.3. The summed E-state index contributed by atoms with van der Waals surface area (Å²) in [5.41, 5.74) is 21.9. The number of phenolic OH excluding ortho intramolecular Hbond substituents is 6. The number of fused-ring (bicyclic) bond motifs is 8. The third kappa shape index (κ3) is 6.24. The zero-order valence-corrected chi connectivity index (χ0v) is 40.1. The van der Waals surface area contributed by atoms with E-state index in [1.165, 1.54) is 11.1 Å². The molecule has 0 unspecified atom stereocenters. The summed E-state index contributed by atoms with van der Waals surface area (Å²) in [5, 5.41) is 73.4. The highest BCUT2D eigenvalue weighted by Gasteiger charge is 2.44. The van der Waals surface area contributed by atoms with Crippen molar-refractivity contribution >= 4 is 0 Å². The first kappa shape index (κ1) is 42.7. The summed E-state index contributed by atoms with van der Waals surface area (Å²) in [6.45, 7) is 0. The van der Waals surface area contributed by atoms with Gasteiger partial charge in [0.25, 0.3) is 0 Å². The van der Waals surface area contributed by atoms with Gasteiger partial charge in [-0.2, -0.15) is 0 Å². The Morgan fingerprint density at radius 3 is 0.703 bits per heavy atom. The van der Waals surface area contributed by atoms with Gasteiger partial charge in [0, 0.05) is 49.4 Å². The van der Waals surface area contributed by atoms with E-state index in [9.17, 15) is 30.6 Å². The van der Waals surface area contributed by atoms with Crippen molar-refractivity contribution in [2.75, 3.05) is 0 Å². The molecular formula is C68H48O6. The Morgan fingerprint density at radius 2 is 0.446 bits per heavy atom. The van der Waals surface area contributed by atoms with E-state index in [0.29, 0.717) is 44.5 Å². The van der Waals surface area contributed by atoms with Crippen molar-refractivity contribution in [3.63, 3.8) is 0 Å². The summed E-state index contributed by atoms with van der Waals surface area (Å²) in [4.78, 5) is 0. The number of benzene rings is 10. The minimum absolute atomic E-state index is 0.116. The molecule has 0 heterocycles. The summed E-state index contributed by atoms with van der Waals surface area (Å²) in [5.74, 6) is -0.162. The first-order valence-electron chi connectivity index (χ1n) is 25.5. The number of hydrogen-bond acceptors (Lipinski definition) is 6. The molecule has 16 bridgehead atoms. The maximum atomic E-state index is 12.5. The second-order valence-corrected chi connectivity index (χ2v) is 21.2. The molecule has 0 aliphatic heterocycles. The Hall–Kier alpha value is -9.00. The fraction of sp³-hybridized carbons (Fsp3) is 0.118.